The fourth-order valence-corrected chi connectivity index (χ4v) is 3.59. The predicted molar refractivity (Wildman–Crippen MR) is 126 cm³/mol. The van der Waals surface area contributed by atoms with Gasteiger partial charge in [-0.25, -0.2) is 4.39 Å². The first-order valence-electron chi connectivity index (χ1n) is 10.9. The number of pyridine rings is 2. The summed E-state index contributed by atoms with van der Waals surface area (Å²) in [4.78, 5) is 33.8. The van der Waals surface area contributed by atoms with Crippen molar-refractivity contribution in [3.63, 3.8) is 0 Å². The molecule has 1 aliphatic carbocycles. The lowest BCUT2D eigenvalue weighted by molar-refractivity contribution is -0.131. The molecule has 0 bridgehead atoms. The molecular weight excluding hydrogens is 451 g/mol. The Morgan fingerprint density at radius 2 is 1.83 bits per heavy atom. The first-order valence-corrected chi connectivity index (χ1v) is 10.9. The van der Waals surface area contributed by atoms with E-state index in [1.807, 2.05) is 6.20 Å². The molecule has 2 N–H and O–H groups in total. The maximum absolute atomic E-state index is 14.8. The van der Waals surface area contributed by atoms with Gasteiger partial charge in [-0.15, -0.1) is 0 Å². The van der Waals surface area contributed by atoms with Crippen LogP contribution in [-0.4, -0.2) is 31.6 Å². The second-order valence-corrected chi connectivity index (χ2v) is 8.26. The number of aryl methyl sites for hydroxylation is 1. The molecule has 2 amide bonds. The number of anilines is 2. The molecule has 0 spiro atoms. The molecule has 1 saturated carbocycles. The smallest absolute Gasteiger partial charge is 0.240 e. The van der Waals surface area contributed by atoms with Gasteiger partial charge in [0.1, 0.15) is 11.2 Å². The van der Waals surface area contributed by atoms with Crippen molar-refractivity contribution in [1.29, 1.82) is 0 Å². The van der Waals surface area contributed by atoms with Crippen LogP contribution in [0.3, 0.4) is 0 Å². The Kier molecular flexibility index (Phi) is 5.69. The minimum atomic E-state index is -1.18. The Balaban J connectivity index is 1.26. The summed E-state index contributed by atoms with van der Waals surface area (Å²) in [5, 5.41) is 9.48. The van der Waals surface area contributed by atoms with E-state index in [9.17, 15) is 14.0 Å². The average Bonchev–Trinajstić information content (AvgIpc) is 3.56. The van der Waals surface area contributed by atoms with Gasteiger partial charge < -0.3 is 15.4 Å². The molecule has 1 aliphatic rings. The highest BCUT2D eigenvalue weighted by Crippen LogP contribution is 2.47. The van der Waals surface area contributed by atoms with Gasteiger partial charge in [0.15, 0.2) is 11.6 Å². The molecule has 35 heavy (non-hydrogen) atoms. The first kappa shape index (κ1) is 22.2. The van der Waals surface area contributed by atoms with E-state index >= 15 is 0 Å². The zero-order chi connectivity index (χ0) is 24.4. The maximum Gasteiger partial charge on any atom is 0.240 e. The molecule has 0 aliphatic heterocycles. The van der Waals surface area contributed by atoms with Crippen LogP contribution in [0.15, 0.2) is 73.4 Å². The number of aromatic nitrogens is 4. The van der Waals surface area contributed by atoms with Crippen LogP contribution in [0.25, 0.3) is 11.3 Å². The van der Waals surface area contributed by atoms with Gasteiger partial charge in [-0.3, -0.25) is 24.2 Å². The molecule has 10 heteroatoms. The normalized spacial score (nSPS) is 13.7. The zero-order valence-electron chi connectivity index (χ0n) is 18.7. The molecule has 0 saturated heterocycles. The van der Waals surface area contributed by atoms with Crippen molar-refractivity contribution < 1.29 is 18.7 Å². The summed E-state index contributed by atoms with van der Waals surface area (Å²) in [5.74, 6) is -1.17. The highest BCUT2D eigenvalue weighted by Gasteiger charge is 2.56. The Hall–Kier alpha value is -4.60. The number of carbonyl (C=O) groups excluding carboxylic acids is 2. The van der Waals surface area contributed by atoms with Crippen LogP contribution in [0.5, 0.6) is 11.5 Å². The monoisotopic (exact) mass is 472 g/mol. The van der Waals surface area contributed by atoms with Gasteiger partial charge in [-0.2, -0.15) is 5.10 Å². The Morgan fingerprint density at radius 1 is 1.03 bits per heavy atom. The fourth-order valence-electron chi connectivity index (χ4n) is 3.59. The number of ether oxygens (including phenoxy) is 1. The largest absolute Gasteiger partial charge is 0.454 e. The SMILES string of the molecule is Cn1cc(-c2cc(Oc3ccc(NC(=O)C4(C(=O)Nc5cccnc5)CC4)cc3F)ccn2)cn1. The molecule has 3 heterocycles. The number of halogens is 1. The number of amides is 2. The molecule has 176 valence electrons. The number of hydrogen-bond donors (Lipinski definition) is 2. The van der Waals surface area contributed by atoms with Crippen molar-refractivity contribution in [2.75, 3.05) is 10.6 Å². The van der Waals surface area contributed by atoms with Gasteiger partial charge in [0.05, 0.1) is 23.8 Å². The van der Waals surface area contributed by atoms with Crippen molar-refractivity contribution in [1.82, 2.24) is 19.7 Å². The summed E-state index contributed by atoms with van der Waals surface area (Å²) in [6.45, 7) is 0. The lowest BCUT2D eigenvalue weighted by Crippen LogP contribution is -2.35. The molecule has 1 aromatic carbocycles. The molecule has 5 rings (SSSR count). The summed E-state index contributed by atoms with van der Waals surface area (Å²) in [6, 6.07) is 10.8. The lowest BCUT2D eigenvalue weighted by Gasteiger charge is -2.16. The summed E-state index contributed by atoms with van der Waals surface area (Å²) < 4.78 is 22.1. The van der Waals surface area contributed by atoms with Crippen molar-refractivity contribution in [2.24, 2.45) is 12.5 Å². The highest BCUT2D eigenvalue weighted by molar-refractivity contribution is 6.16. The van der Waals surface area contributed by atoms with Gasteiger partial charge in [0.25, 0.3) is 0 Å². The van der Waals surface area contributed by atoms with Gasteiger partial charge >= 0.3 is 0 Å². The van der Waals surface area contributed by atoms with Crippen LogP contribution in [0, 0.1) is 11.2 Å². The van der Waals surface area contributed by atoms with Crippen molar-refractivity contribution in [2.45, 2.75) is 12.8 Å². The van der Waals surface area contributed by atoms with Gasteiger partial charge in [-0.05, 0) is 43.2 Å². The van der Waals surface area contributed by atoms with Crippen LogP contribution in [0.2, 0.25) is 0 Å². The first-order chi connectivity index (χ1) is 16.9. The molecule has 0 unspecified atom stereocenters. The van der Waals surface area contributed by atoms with E-state index in [4.69, 9.17) is 4.74 Å². The lowest BCUT2D eigenvalue weighted by atomic mass is 10.0. The third-order valence-corrected chi connectivity index (χ3v) is 5.69. The number of rotatable bonds is 7. The molecule has 0 atom stereocenters. The average molecular weight is 472 g/mol. The van der Waals surface area contributed by atoms with E-state index in [2.05, 4.69) is 25.7 Å². The van der Waals surface area contributed by atoms with Crippen LogP contribution in [-0.2, 0) is 16.6 Å². The Morgan fingerprint density at radius 3 is 2.49 bits per heavy atom. The highest BCUT2D eigenvalue weighted by atomic mass is 19.1. The number of benzene rings is 1. The molecular formula is C25H21FN6O3. The number of carbonyl (C=O) groups is 2. The second kappa shape index (κ2) is 8.98. The summed E-state index contributed by atoms with van der Waals surface area (Å²) in [5.41, 5.74) is 0.997. The molecule has 3 aromatic heterocycles. The molecule has 4 aromatic rings. The Bertz CT molecular complexity index is 1400. The third kappa shape index (κ3) is 4.72. The summed E-state index contributed by atoms with van der Waals surface area (Å²) in [7, 11) is 1.80. The fraction of sp³-hybridized carbons (Fsp3) is 0.160. The van der Waals surface area contributed by atoms with Gasteiger partial charge in [0.2, 0.25) is 11.8 Å². The number of hydrogen-bond acceptors (Lipinski definition) is 6. The quantitative estimate of drug-likeness (QED) is 0.391. The Labute approximate surface area is 200 Å². The minimum Gasteiger partial charge on any atom is -0.454 e. The van der Waals surface area contributed by atoms with E-state index in [1.54, 1.807) is 54.6 Å². The maximum atomic E-state index is 14.8. The van der Waals surface area contributed by atoms with Gasteiger partial charge in [-0.1, -0.05) is 0 Å². The van der Waals surface area contributed by atoms with E-state index in [0.29, 0.717) is 30.0 Å². The molecule has 0 radical (unpaired) electrons. The topological polar surface area (TPSA) is 111 Å². The number of nitrogens with zero attached hydrogens (tertiary/aromatic N) is 4. The summed E-state index contributed by atoms with van der Waals surface area (Å²) in [6.07, 6.45) is 8.97. The van der Waals surface area contributed by atoms with E-state index in [0.717, 1.165) is 11.6 Å². The zero-order valence-corrected chi connectivity index (χ0v) is 18.7. The standard InChI is InChI=1S/C25H21FN6O3/c1-32-15-16(13-29-32)21-12-19(6-10-28-21)35-22-5-4-17(11-20(22)26)30-23(33)25(7-8-25)24(34)31-18-3-2-9-27-14-18/h2-6,9-15H,7-8H2,1H3,(H,30,33)(H,31,34). The number of nitrogens with one attached hydrogen (secondary N) is 2. The van der Waals surface area contributed by atoms with Crippen molar-refractivity contribution >= 4 is 23.2 Å². The van der Waals surface area contributed by atoms with Crippen LogP contribution in [0.1, 0.15) is 12.8 Å². The van der Waals surface area contributed by atoms with Gasteiger partial charge in [0, 0.05) is 49.0 Å². The van der Waals surface area contributed by atoms with E-state index in [1.165, 1.54) is 18.3 Å². The van der Waals surface area contributed by atoms with Crippen molar-refractivity contribution in [3.8, 4) is 22.8 Å². The van der Waals surface area contributed by atoms with Crippen molar-refractivity contribution in [3.05, 3.63) is 79.3 Å². The van der Waals surface area contributed by atoms with E-state index < -0.39 is 23.0 Å². The second-order valence-electron chi connectivity index (χ2n) is 8.26. The van der Waals surface area contributed by atoms with Crippen LogP contribution >= 0.6 is 0 Å². The third-order valence-electron chi connectivity index (χ3n) is 5.69. The van der Waals surface area contributed by atoms with E-state index in [-0.39, 0.29) is 11.4 Å². The predicted octanol–water partition coefficient (Wildman–Crippen LogP) is 4.17. The molecule has 1 fully saturated rings. The molecule has 9 nitrogen and oxygen atoms in total. The van der Waals surface area contributed by atoms with Crippen LogP contribution in [0.4, 0.5) is 15.8 Å². The van der Waals surface area contributed by atoms with Crippen LogP contribution < -0.4 is 15.4 Å². The summed E-state index contributed by atoms with van der Waals surface area (Å²) >= 11 is 0. The minimum absolute atomic E-state index is 0.0122.